The minimum Gasteiger partial charge on any atom is -0.423 e. The highest BCUT2D eigenvalue weighted by Gasteiger charge is 2.19. The van der Waals surface area contributed by atoms with E-state index in [2.05, 4.69) is 0 Å². The van der Waals surface area contributed by atoms with Gasteiger partial charge in [0.15, 0.2) is 9.84 Å². The van der Waals surface area contributed by atoms with E-state index in [4.69, 9.17) is 4.74 Å². The summed E-state index contributed by atoms with van der Waals surface area (Å²) in [7, 11) is -3.51. The lowest BCUT2D eigenvalue weighted by Crippen LogP contribution is -2.13. The number of sulfone groups is 1. The summed E-state index contributed by atoms with van der Waals surface area (Å²) in [5.41, 5.74) is 2.08. The Balaban J connectivity index is 1.83. The molecule has 3 aromatic carbocycles. The summed E-state index contributed by atoms with van der Waals surface area (Å²) >= 11 is 0. The van der Waals surface area contributed by atoms with Gasteiger partial charge in [-0.3, -0.25) is 0 Å². The topological polar surface area (TPSA) is 60.4 Å². The maximum absolute atomic E-state index is 12.3. The predicted molar refractivity (Wildman–Crippen MR) is 96.4 cm³/mol. The van der Waals surface area contributed by atoms with Gasteiger partial charge in [-0.15, -0.1) is 0 Å². The number of carbonyl (C=O) groups is 1. The van der Waals surface area contributed by atoms with Crippen molar-refractivity contribution in [3.05, 3.63) is 84.4 Å². The van der Waals surface area contributed by atoms with Crippen molar-refractivity contribution in [3.8, 4) is 16.9 Å². The van der Waals surface area contributed by atoms with E-state index in [0.717, 1.165) is 17.4 Å². The molecule has 25 heavy (non-hydrogen) atoms. The van der Waals surface area contributed by atoms with Gasteiger partial charge in [0.25, 0.3) is 0 Å². The van der Waals surface area contributed by atoms with Crippen LogP contribution in [0.15, 0.2) is 83.8 Å². The number of ether oxygens (including phenoxy) is 1. The van der Waals surface area contributed by atoms with Crippen molar-refractivity contribution in [3.63, 3.8) is 0 Å². The standard InChI is InChI=1S/C20H16O4S/c1-25(22,23)19-10-6-5-9-18(19)20(21)24-17-13-11-16(12-14-17)15-7-3-2-4-8-15/h2-14H,1H3. The first-order valence-corrected chi connectivity index (χ1v) is 9.51. The average Bonchev–Trinajstić information content (AvgIpc) is 2.62. The smallest absolute Gasteiger partial charge is 0.344 e. The minimum atomic E-state index is -3.51. The van der Waals surface area contributed by atoms with Crippen LogP contribution >= 0.6 is 0 Å². The van der Waals surface area contributed by atoms with Crippen molar-refractivity contribution < 1.29 is 17.9 Å². The summed E-state index contributed by atoms with van der Waals surface area (Å²) in [6.45, 7) is 0. The molecule has 4 nitrogen and oxygen atoms in total. The second-order valence-corrected chi connectivity index (χ2v) is 7.53. The van der Waals surface area contributed by atoms with E-state index >= 15 is 0 Å². The van der Waals surface area contributed by atoms with Crippen LogP contribution < -0.4 is 4.74 Å². The molecule has 0 radical (unpaired) electrons. The molecular weight excluding hydrogens is 336 g/mol. The molecule has 0 spiro atoms. The van der Waals surface area contributed by atoms with Crippen LogP contribution in [0.4, 0.5) is 0 Å². The van der Waals surface area contributed by atoms with Gasteiger partial charge in [0.1, 0.15) is 5.75 Å². The van der Waals surface area contributed by atoms with Crippen molar-refractivity contribution in [2.24, 2.45) is 0 Å². The summed E-state index contributed by atoms with van der Waals surface area (Å²) < 4.78 is 28.9. The second-order valence-electron chi connectivity index (χ2n) is 5.55. The van der Waals surface area contributed by atoms with Crippen molar-refractivity contribution in [1.29, 1.82) is 0 Å². The Labute approximate surface area is 146 Å². The molecule has 0 N–H and O–H groups in total. The quantitative estimate of drug-likeness (QED) is 0.526. The molecule has 0 saturated carbocycles. The van der Waals surface area contributed by atoms with E-state index in [1.54, 1.807) is 24.3 Å². The lowest BCUT2D eigenvalue weighted by Gasteiger charge is -2.09. The van der Waals surface area contributed by atoms with E-state index in [0.29, 0.717) is 5.75 Å². The Hall–Kier alpha value is -2.92. The van der Waals surface area contributed by atoms with Crippen LogP contribution in [0, 0.1) is 0 Å². The summed E-state index contributed by atoms with van der Waals surface area (Å²) in [6, 6.07) is 22.9. The lowest BCUT2D eigenvalue weighted by atomic mass is 10.1. The molecule has 5 heteroatoms. The molecular formula is C20H16O4S. The fraction of sp³-hybridized carbons (Fsp3) is 0.0500. The molecule has 0 saturated heterocycles. The fourth-order valence-electron chi connectivity index (χ4n) is 2.47. The third-order valence-electron chi connectivity index (χ3n) is 3.68. The zero-order valence-corrected chi connectivity index (χ0v) is 14.4. The van der Waals surface area contributed by atoms with Gasteiger partial charge in [-0.2, -0.15) is 0 Å². The molecule has 0 fully saturated rings. The van der Waals surface area contributed by atoms with Gasteiger partial charge >= 0.3 is 5.97 Å². The first kappa shape index (κ1) is 16.9. The van der Waals surface area contributed by atoms with E-state index in [-0.39, 0.29) is 10.5 Å². The minimum absolute atomic E-state index is 0.0251. The summed E-state index contributed by atoms with van der Waals surface area (Å²) in [6.07, 6.45) is 1.06. The van der Waals surface area contributed by atoms with Gasteiger partial charge in [0.05, 0.1) is 10.5 Å². The van der Waals surface area contributed by atoms with Gasteiger partial charge in [0, 0.05) is 6.26 Å². The first-order chi connectivity index (χ1) is 11.9. The highest BCUT2D eigenvalue weighted by atomic mass is 32.2. The van der Waals surface area contributed by atoms with Crippen molar-refractivity contribution in [2.45, 2.75) is 4.90 Å². The Bertz CT molecular complexity index is 991. The second kappa shape index (κ2) is 6.91. The van der Waals surface area contributed by atoms with Crippen LogP contribution in [0.2, 0.25) is 0 Å². The third-order valence-corrected chi connectivity index (χ3v) is 4.83. The third kappa shape index (κ3) is 3.95. The zero-order chi connectivity index (χ0) is 17.9. The van der Waals surface area contributed by atoms with Gasteiger partial charge in [-0.25, -0.2) is 13.2 Å². The van der Waals surface area contributed by atoms with E-state index < -0.39 is 15.8 Å². The van der Waals surface area contributed by atoms with Crippen molar-refractivity contribution in [1.82, 2.24) is 0 Å². The summed E-state index contributed by atoms with van der Waals surface area (Å²) in [5, 5.41) is 0. The molecule has 0 bridgehead atoms. The number of hydrogen-bond donors (Lipinski definition) is 0. The molecule has 3 rings (SSSR count). The van der Waals surface area contributed by atoms with E-state index in [1.807, 2.05) is 42.5 Å². The molecule has 3 aromatic rings. The van der Waals surface area contributed by atoms with Crippen LogP contribution in [-0.2, 0) is 9.84 Å². The van der Waals surface area contributed by atoms with E-state index in [1.165, 1.54) is 12.1 Å². The largest absolute Gasteiger partial charge is 0.423 e. The molecule has 0 heterocycles. The van der Waals surface area contributed by atoms with Crippen LogP contribution in [0.3, 0.4) is 0 Å². The number of carbonyl (C=O) groups excluding carboxylic acids is 1. The van der Waals surface area contributed by atoms with Gasteiger partial charge < -0.3 is 4.74 Å². The Morgan fingerprint density at radius 3 is 1.96 bits per heavy atom. The first-order valence-electron chi connectivity index (χ1n) is 7.62. The maximum Gasteiger partial charge on any atom is 0.344 e. The number of rotatable bonds is 4. The molecule has 0 amide bonds. The Morgan fingerprint density at radius 1 is 0.760 bits per heavy atom. The normalized spacial score (nSPS) is 11.1. The van der Waals surface area contributed by atoms with Gasteiger partial charge in [0.2, 0.25) is 0 Å². The Morgan fingerprint density at radius 2 is 1.32 bits per heavy atom. The van der Waals surface area contributed by atoms with Gasteiger partial charge in [-0.1, -0.05) is 54.6 Å². The molecule has 0 atom stereocenters. The number of benzene rings is 3. The molecule has 0 unspecified atom stereocenters. The molecule has 0 aliphatic carbocycles. The molecule has 0 aliphatic heterocycles. The summed E-state index contributed by atoms with van der Waals surface area (Å²) in [5.74, 6) is -0.346. The molecule has 126 valence electrons. The van der Waals surface area contributed by atoms with Crippen LogP contribution in [-0.4, -0.2) is 20.6 Å². The molecule has 0 aliphatic rings. The average molecular weight is 352 g/mol. The van der Waals surface area contributed by atoms with Crippen molar-refractivity contribution in [2.75, 3.05) is 6.26 Å². The maximum atomic E-state index is 12.3. The highest BCUT2D eigenvalue weighted by Crippen LogP contribution is 2.23. The van der Waals surface area contributed by atoms with Crippen molar-refractivity contribution >= 4 is 15.8 Å². The van der Waals surface area contributed by atoms with Crippen LogP contribution in [0.5, 0.6) is 5.75 Å². The SMILES string of the molecule is CS(=O)(=O)c1ccccc1C(=O)Oc1ccc(-c2ccccc2)cc1. The van der Waals surface area contributed by atoms with Crippen LogP contribution in [0.1, 0.15) is 10.4 Å². The Kier molecular flexibility index (Phi) is 4.67. The zero-order valence-electron chi connectivity index (χ0n) is 13.5. The van der Waals surface area contributed by atoms with Crippen LogP contribution in [0.25, 0.3) is 11.1 Å². The monoisotopic (exact) mass is 352 g/mol. The number of hydrogen-bond acceptors (Lipinski definition) is 4. The van der Waals surface area contributed by atoms with Gasteiger partial charge in [-0.05, 0) is 35.4 Å². The predicted octanol–water partition coefficient (Wildman–Crippen LogP) is 3.98. The molecule has 0 aromatic heterocycles. The van der Waals surface area contributed by atoms with E-state index in [9.17, 15) is 13.2 Å². The fourth-order valence-corrected chi connectivity index (χ4v) is 3.34. The summed E-state index contributed by atoms with van der Waals surface area (Å²) in [4.78, 5) is 12.3. The highest BCUT2D eigenvalue weighted by molar-refractivity contribution is 7.90. The lowest BCUT2D eigenvalue weighted by molar-refractivity contribution is 0.0730. The number of esters is 1.